The highest BCUT2D eigenvalue weighted by Gasteiger charge is 2.23. The number of hydrogen-bond acceptors (Lipinski definition) is 3. The van der Waals surface area contributed by atoms with Crippen molar-refractivity contribution in [2.45, 2.75) is 0 Å². The highest BCUT2D eigenvalue weighted by molar-refractivity contribution is 7.73. The maximum atomic E-state index is 11.6. The molecule has 0 spiro atoms. The Morgan fingerprint density at radius 3 is 2.50 bits per heavy atom. The average Bonchev–Trinajstić information content (AvgIpc) is 2.16. The Bertz CT molecular complexity index is 421. The highest BCUT2D eigenvalue weighted by atomic mass is 32.2. The van der Waals surface area contributed by atoms with Crippen LogP contribution in [0.25, 0.3) is 0 Å². The standard InChI is InChI=1S/C9H11NO3S/c1-10(2)9(11)7-5-3-4-6-8(7)14(12)13/h3-7H,1-2H3. The molecule has 0 N–H and O–H groups in total. The Morgan fingerprint density at radius 1 is 1.36 bits per heavy atom. The minimum atomic E-state index is -2.34. The lowest BCUT2D eigenvalue weighted by Gasteiger charge is -2.17. The molecule has 0 saturated heterocycles. The van der Waals surface area contributed by atoms with Gasteiger partial charge in [0, 0.05) is 14.1 Å². The second-order valence-corrected chi connectivity index (χ2v) is 4.03. The van der Waals surface area contributed by atoms with Crippen LogP contribution in [-0.2, 0) is 15.1 Å². The van der Waals surface area contributed by atoms with Crippen molar-refractivity contribution >= 4 is 21.1 Å². The van der Waals surface area contributed by atoms with Crippen molar-refractivity contribution in [1.29, 1.82) is 0 Å². The van der Waals surface area contributed by atoms with E-state index in [4.69, 9.17) is 0 Å². The van der Waals surface area contributed by atoms with Crippen LogP contribution in [0.5, 0.6) is 0 Å². The molecule has 0 saturated carbocycles. The van der Waals surface area contributed by atoms with E-state index in [1.807, 2.05) is 0 Å². The van der Waals surface area contributed by atoms with E-state index in [0.717, 1.165) is 0 Å². The average molecular weight is 213 g/mol. The minimum Gasteiger partial charge on any atom is -0.348 e. The van der Waals surface area contributed by atoms with Gasteiger partial charge in [0.25, 0.3) is 0 Å². The smallest absolute Gasteiger partial charge is 0.234 e. The molecule has 14 heavy (non-hydrogen) atoms. The molecule has 0 aliphatic heterocycles. The second kappa shape index (κ2) is 4.23. The van der Waals surface area contributed by atoms with Crippen molar-refractivity contribution in [3.63, 3.8) is 0 Å². The first kappa shape index (κ1) is 10.7. The zero-order valence-electron chi connectivity index (χ0n) is 7.97. The monoisotopic (exact) mass is 213 g/mol. The summed E-state index contributed by atoms with van der Waals surface area (Å²) in [6.45, 7) is 0. The summed E-state index contributed by atoms with van der Waals surface area (Å²) in [6.07, 6.45) is 6.29. The van der Waals surface area contributed by atoms with E-state index < -0.39 is 16.2 Å². The molecule has 0 aromatic heterocycles. The van der Waals surface area contributed by atoms with Crippen LogP contribution in [0.4, 0.5) is 0 Å². The van der Waals surface area contributed by atoms with Gasteiger partial charge >= 0.3 is 0 Å². The first-order valence-electron chi connectivity index (χ1n) is 4.06. The fourth-order valence-electron chi connectivity index (χ4n) is 1.17. The van der Waals surface area contributed by atoms with Gasteiger partial charge in [0.05, 0.1) is 10.8 Å². The Kier molecular flexibility index (Phi) is 3.24. The molecule has 0 fully saturated rings. The molecule has 0 bridgehead atoms. The van der Waals surface area contributed by atoms with Crippen molar-refractivity contribution < 1.29 is 13.2 Å². The predicted molar refractivity (Wildman–Crippen MR) is 54.4 cm³/mol. The molecule has 1 aliphatic rings. The largest absolute Gasteiger partial charge is 0.348 e. The zero-order chi connectivity index (χ0) is 10.7. The summed E-state index contributed by atoms with van der Waals surface area (Å²) in [5.41, 5.74) is 0. The van der Waals surface area contributed by atoms with E-state index >= 15 is 0 Å². The zero-order valence-corrected chi connectivity index (χ0v) is 8.78. The maximum absolute atomic E-state index is 11.6. The lowest BCUT2D eigenvalue weighted by Crippen LogP contribution is -2.33. The van der Waals surface area contributed by atoms with Gasteiger partial charge in [-0.25, -0.2) is 0 Å². The minimum absolute atomic E-state index is 0.117. The van der Waals surface area contributed by atoms with Crippen molar-refractivity contribution in [1.82, 2.24) is 4.90 Å². The van der Waals surface area contributed by atoms with Crippen LogP contribution in [0.3, 0.4) is 0 Å². The quantitative estimate of drug-likeness (QED) is 0.570. The number of rotatable bonds is 1. The fourth-order valence-corrected chi connectivity index (χ4v) is 1.74. The molecular formula is C9H11NO3S. The number of amides is 1. The molecule has 0 heterocycles. The number of nitrogens with zero attached hydrogens (tertiary/aromatic N) is 1. The molecule has 1 amide bonds. The molecular weight excluding hydrogens is 202 g/mol. The van der Waals surface area contributed by atoms with E-state index in [1.165, 1.54) is 11.0 Å². The summed E-state index contributed by atoms with van der Waals surface area (Å²) in [5.74, 6) is -0.905. The van der Waals surface area contributed by atoms with Gasteiger partial charge < -0.3 is 4.90 Å². The Balaban J connectivity index is 3.11. The van der Waals surface area contributed by atoms with Crippen molar-refractivity contribution in [2.75, 3.05) is 14.1 Å². The van der Waals surface area contributed by atoms with Gasteiger partial charge in [0.15, 0.2) is 0 Å². The molecule has 1 aliphatic carbocycles. The van der Waals surface area contributed by atoms with E-state index in [1.54, 1.807) is 32.3 Å². The van der Waals surface area contributed by atoms with E-state index in [2.05, 4.69) is 0 Å². The lowest BCUT2D eigenvalue weighted by molar-refractivity contribution is -0.129. The Morgan fingerprint density at radius 2 is 2.00 bits per heavy atom. The van der Waals surface area contributed by atoms with Gasteiger partial charge in [-0.05, 0) is 6.08 Å². The van der Waals surface area contributed by atoms with Crippen LogP contribution in [0.2, 0.25) is 0 Å². The lowest BCUT2D eigenvalue weighted by atomic mass is 9.99. The molecule has 5 heteroatoms. The SMILES string of the molecule is CN(C)C(=O)C1C=CC=CC1=S(=O)=O. The van der Waals surface area contributed by atoms with Crippen molar-refractivity contribution in [3.8, 4) is 0 Å². The van der Waals surface area contributed by atoms with E-state index in [0.29, 0.717) is 0 Å². The van der Waals surface area contributed by atoms with Crippen molar-refractivity contribution in [2.24, 2.45) is 5.92 Å². The Hall–Kier alpha value is -1.36. The highest BCUT2D eigenvalue weighted by Crippen LogP contribution is 2.10. The summed E-state index contributed by atoms with van der Waals surface area (Å²) >= 11 is 0. The second-order valence-electron chi connectivity index (χ2n) is 3.09. The fraction of sp³-hybridized carbons (Fsp3) is 0.333. The van der Waals surface area contributed by atoms with Crippen LogP contribution in [-0.4, -0.2) is 38.2 Å². The van der Waals surface area contributed by atoms with Crippen LogP contribution < -0.4 is 0 Å². The van der Waals surface area contributed by atoms with Gasteiger partial charge in [-0.2, -0.15) is 8.42 Å². The first-order valence-corrected chi connectivity index (χ1v) is 5.13. The summed E-state index contributed by atoms with van der Waals surface area (Å²) < 4.78 is 21.6. The molecule has 76 valence electrons. The summed E-state index contributed by atoms with van der Waals surface area (Å²) in [5, 5.41) is 0. The van der Waals surface area contributed by atoms with Crippen LogP contribution in [0.15, 0.2) is 24.3 Å². The third kappa shape index (κ3) is 2.11. The van der Waals surface area contributed by atoms with Gasteiger partial charge in [-0.15, -0.1) is 0 Å². The normalized spacial score (nSPS) is 19.6. The molecule has 0 aromatic carbocycles. The third-order valence-corrected chi connectivity index (χ3v) is 2.66. The topological polar surface area (TPSA) is 54.5 Å². The van der Waals surface area contributed by atoms with Gasteiger partial charge in [0.1, 0.15) is 0 Å². The summed E-state index contributed by atoms with van der Waals surface area (Å²) in [6, 6.07) is 0. The van der Waals surface area contributed by atoms with Gasteiger partial charge in [-0.1, -0.05) is 18.2 Å². The van der Waals surface area contributed by atoms with Crippen molar-refractivity contribution in [3.05, 3.63) is 24.3 Å². The maximum Gasteiger partial charge on any atom is 0.234 e. The van der Waals surface area contributed by atoms with Gasteiger partial charge in [-0.3, -0.25) is 4.79 Å². The molecule has 1 atom stereocenters. The van der Waals surface area contributed by atoms with Gasteiger partial charge in [0.2, 0.25) is 16.2 Å². The number of carbonyl (C=O) groups is 1. The predicted octanol–water partition coefficient (Wildman–Crippen LogP) is -0.132. The molecule has 1 rings (SSSR count). The summed E-state index contributed by atoms with van der Waals surface area (Å²) in [7, 11) is 0.856. The first-order chi connectivity index (χ1) is 6.54. The number of allylic oxidation sites excluding steroid dienone is 3. The van der Waals surface area contributed by atoms with Crippen LogP contribution in [0.1, 0.15) is 0 Å². The third-order valence-electron chi connectivity index (χ3n) is 1.88. The molecule has 0 radical (unpaired) electrons. The van der Waals surface area contributed by atoms with E-state index in [-0.39, 0.29) is 10.8 Å². The van der Waals surface area contributed by atoms with Crippen LogP contribution in [0, 0.1) is 5.92 Å². The van der Waals surface area contributed by atoms with E-state index in [9.17, 15) is 13.2 Å². The molecule has 4 nitrogen and oxygen atoms in total. The Labute approximate surface area is 84.1 Å². The number of hydrogen-bond donors (Lipinski definition) is 0. The molecule has 0 aromatic rings. The number of carbonyl (C=O) groups excluding carboxylic acids is 1. The molecule has 1 unspecified atom stereocenters. The summed E-state index contributed by atoms with van der Waals surface area (Å²) in [4.78, 5) is 13.1. The van der Waals surface area contributed by atoms with Crippen LogP contribution >= 0.6 is 0 Å².